The van der Waals surface area contributed by atoms with Crippen molar-refractivity contribution in [2.45, 2.75) is 25.6 Å². The quantitative estimate of drug-likeness (QED) is 0.809. The molecule has 1 aliphatic rings. The van der Waals surface area contributed by atoms with Crippen LogP contribution < -0.4 is 0 Å². The molecule has 1 aromatic rings. The van der Waals surface area contributed by atoms with Crippen molar-refractivity contribution in [1.29, 1.82) is 0 Å². The fourth-order valence-corrected chi connectivity index (χ4v) is 2.35. The minimum Gasteiger partial charge on any atom is -0.461 e. The summed E-state index contributed by atoms with van der Waals surface area (Å²) in [5.41, 5.74) is -0.352. The summed E-state index contributed by atoms with van der Waals surface area (Å²) in [6, 6.07) is 3.37. The van der Waals surface area contributed by atoms with E-state index in [-0.39, 0.29) is 30.6 Å². The lowest BCUT2D eigenvalue weighted by Crippen LogP contribution is -2.54. The normalized spacial score (nSPS) is 24.1. The summed E-state index contributed by atoms with van der Waals surface area (Å²) in [6.45, 7) is 5.40. The van der Waals surface area contributed by atoms with E-state index in [2.05, 4.69) is 0 Å². The van der Waals surface area contributed by atoms with Crippen molar-refractivity contribution in [3.05, 3.63) is 24.2 Å². The molecule has 0 radical (unpaired) electrons. The van der Waals surface area contributed by atoms with E-state index in [0.717, 1.165) is 0 Å². The number of hydrogen-bond acceptors (Lipinski definition) is 5. The van der Waals surface area contributed by atoms with Crippen LogP contribution in [0.2, 0.25) is 0 Å². The highest BCUT2D eigenvalue weighted by atomic mass is 16.5. The molecule has 0 saturated carbocycles. The molecule has 1 fully saturated rings. The topological polar surface area (TPSA) is 62.9 Å². The van der Waals surface area contributed by atoms with E-state index < -0.39 is 0 Å². The molecule has 0 bridgehead atoms. The van der Waals surface area contributed by atoms with E-state index in [9.17, 15) is 9.90 Å². The van der Waals surface area contributed by atoms with Gasteiger partial charge < -0.3 is 14.3 Å². The number of Topliss-reactive ketones (excluding diaryl/α,β-unsaturated/α-hetero) is 1. The second-order valence-electron chi connectivity index (χ2n) is 5.25. The van der Waals surface area contributed by atoms with Crippen molar-refractivity contribution in [2.75, 3.05) is 26.2 Å². The Morgan fingerprint density at radius 3 is 3.00 bits per heavy atom. The predicted molar refractivity (Wildman–Crippen MR) is 65.5 cm³/mol. The molecule has 1 N–H and O–H groups in total. The van der Waals surface area contributed by atoms with E-state index in [0.29, 0.717) is 18.8 Å². The molecule has 5 heteroatoms. The maximum atomic E-state index is 11.9. The molecule has 18 heavy (non-hydrogen) atoms. The van der Waals surface area contributed by atoms with Gasteiger partial charge in [0.25, 0.3) is 0 Å². The molecular weight excluding hydrogens is 234 g/mol. The van der Waals surface area contributed by atoms with Crippen LogP contribution in [0, 0.1) is 0 Å². The molecule has 5 nitrogen and oxygen atoms in total. The number of nitrogens with zero attached hydrogens (tertiary/aromatic N) is 1. The smallest absolute Gasteiger partial charge is 0.211 e. The van der Waals surface area contributed by atoms with Crippen LogP contribution >= 0.6 is 0 Å². The number of ether oxygens (including phenoxy) is 1. The molecule has 1 atom stereocenters. The molecule has 0 spiro atoms. The minimum absolute atomic E-state index is 0.0329. The van der Waals surface area contributed by atoms with Crippen molar-refractivity contribution < 1.29 is 19.1 Å². The first-order valence-corrected chi connectivity index (χ1v) is 6.08. The van der Waals surface area contributed by atoms with Crippen LogP contribution in [0.1, 0.15) is 24.4 Å². The molecule has 0 aliphatic carbocycles. The second kappa shape index (κ2) is 5.22. The molecule has 2 rings (SSSR count). The number of carbonyl (C=O) groups is 1. The number of aliphatic hydroxyl groups excluding tert-OH is 1. The average Bonchev–Trinajstić information content (AvgIpc) is 2.80. The highest BCUT2D eigenvalue weighted by molar-refractivity contribution is 5.95. The third kappa shape index (κ3) is 3.19. The highest BCUT2D eigenvalue weighted by Crippen LogP contribution is 2.21. The van der Waals surface area contributed by atoms with Crippen molar-refractivity contribution >= 4 is 5.78 Å². The zero-order valence-corrected chi connectivity index (χ0v) is 10.8. The first-order valence-electron chi connectivity index (χ1n) is 6.08. The van der Waals surface area contributed by atoms with Crippen molar-refractivity contribution in [1.82, 2.24) is 4.90 Å². The average molecular weight is 253 g/mol. The summed E-state index contributed by atoms with van der Waals surface area (Å²) in [6.07, 6.45) is 1.26. The third-order valence-corrected chi connectivity index (χ3v) is 2.92. The first-order chi connectivity index (χ1) is 8.50. The SMILES string of the molecule is CC1(C)CN(CC(=O)c2ccco2)CC(CO)O1. The fraction of sp³-hybridized carbons (Fsp3) is 0.615. The first kappa shape index (κ1) is 13.3. The zero-order chi connectivity index (χ0) is 13.2. The highest BCUT2D eigenvalue weighted by Gasteiger charge is 2.34. The van der Waals surface area contributed by atoms with Crippen LogP contribution in [0.4, 0.5) is 0 Å². The zero-order valence-electron chi connectivity index (χ0n) is 10.8. The van der Waals surface area contributed by atoms with Crippen LogP contribution in [0.25, 0.3) is 0 Å². The standard InChI is InChI=1S/C13H19NO4/c1-13(2)9-14(6-10(8-15)18-13)7-11(16)12-4-3-5-17-12/h3-5,10,15H,6-9H2,1-2H3. The molecule has 1 aliphatic heterocycles. The van der Waals surface area contributed by atoms with Gasteiger partial charge in [0, 0.05) is 13.1 Å². The maximum Gasteiger partial charge on any atom is 0.211 e. The predicted octanol–water partition coefficient (Wildman–Crippen LogP) is 0.934. The van der Waals surface area contributed by atoms with Gasteiger partial charge in [-0.15, -0.1) is 0 Å². The summed E-state index contributed by atoms with van der Waals surface area (Å²) in [5.74, 6) is 0.328. The Labute approximate surface area is 106 Å². The Morgan fingerprint density at radius 2 is 2.39 bits per heavy atom. The molecule has 0 aromatic carbocycles. The Kier molecular flexibility index (Phi) is 3.85. The van der Waals surface area contributed by atoms with Gasteiger partial charge in [0.2, 0.25) is 5.78 Å². The number of morpholine rings is 1. The van der Waals surface area contributed by atoms with Crippen LogP contribution in [0.15, 0.2) is 22.8 Å². The summed E-state index contributed by atoms with van der Waals surface area (Å²) >= 11 is 0. The monoisotopic (exact) mass is 253 g/mol. The van der Waals surface area contributed by atoms with Gasteiger partial charge in [0.05, 0.1) is 31.1 Å². The van der Waals surface area contributed by atoms with Gasteiger partial charge in [-0.3, -0.25) is 9.69 Å². The van der Waals surface area contributed by atoms with E-state index in [1.54, 1.807) is 12.1 Å². The summed E-state index contributed by atoms with van der Waals surface area (Å²) in [7, 11) is 0. The number of ketones is 1. The van der Waals surface area contributed by atoms with Crippen LogP contribution in [-0.2, 0) is 4.74 Å². The summed E-state index contributed by atoms with van der Waals surface area (Å²) < 4.78 is 10.8. The van der Waals surface area contributed by atoms with Gasteiger partial charge in [0.1, 0.15) is 0 Å². The Balaban J connectivity index is 1.98. The van der Waals surface area contributed by atoms with Crippen molar-refractivity contribution in [3.8, 4) is 0 Å². The molecule has 1 unspecified atom stereocenters. The number of furan rings is 1. The number of rotatable bonds is 4. The molecule has 2 heterocycles. The lowest BCUT2D eigenvalue weighted by Gasteiger charge is -2.41. The summed E-state index contributed by atoms with van der Waals surface area (Å²) in [5, 5.41) is 9.20. The Morgan fingerprint density at radius 1 is 1.61 bits per heavy atom. The fourth-order valence-electron chi connectivity index (χ4n) is 2.35. The van der Waals surface area contributed by atoms with Gasteiger partial charge in [-0.25, -0.2) is 0 Å². The molecule has 1 aromatic heterocycles. The van der Waals surface area contributed by atoms with Crippen LogP contribution in [-0.4, -0.2) is 53.7 Å². The van der Waals surface area contributed by atoms with Crippen molar-refractivity contribution in [3.63, 3.8) is 0 Å². The van der Waals surface area contributed by atoms with Crippen molar-refractivity contribution in [2.24, 2.45) is 0 Å². The van der Waals surface area contributed by atoms with Gasteiger partial charge in [-0.1, -0.05) is 0 Å². The lowest BCUT2D eigenvalue weighted by molar-refractivity contribution is -0.146. The van der Waals surface area contributed by atoms with Gasteiger partial charge in [-0.2, -0.15) is 0 Å². The third-order valence-electron chi connectivity index (χ3n) is 2.92. The van der Waals surface area contributed by atoms with Gasteiger partial charge in [0.15, 0.2) is 5.76 Å². The largest absolute Gasteiger partial charge is 0.461 e. The van der Waals surface area contributed by atoms with E-state index in [1.165, 1.54) is 6.26 Å². The molecular formula is C13H19NO4. The van der Waals surface area contributed by atoms with Crippen LogP contribution in [0.3, 0.4) is 0 Å². The lowest BCUT2D eigenvalue weighted by atomic mass is 10.0. The number of aliphatic hydroxyl groups is 1. The molecule has 0 amide bonds. The number of carbonyl (C=O) groups excluding carboxylic acids is 1. The molecule has 100 valence electrons. The summed E-state index contributed by atoms with van der Waals surface area (Å²) in [4.78, 5) is 13.9. The second-order valence-corrected chi connectivity index (χ2v) is 5.25. The van der Waals surface area contributed by atoms with E-state index in [4.69, 9.17) is 9.15 Å². The Hall–Kier alpha value is -1.17. The van der Waals surface area contributed by atoms with E-state index in [1.807, 2.05) is 18.7 Å². The number of hydrogen-bond donors (Lipinski definition) is 1. The maximum absolute atomic E-state index is 11.9. The van der Waals surface area contributed by atoms with Gasteiger partial charge >= 0.3 is 0 Å². The van der Waals surface area contributed by atoms with E-state index >= 15 is 0 Å². The van der Waals surface area contributed by atoms with Crippen LogP contribution in [0.5, 0.6) is 0 Å². The minimum atomic E-state index is -0.352. The van der Waals surface area contributed by atoms with Gasteiger partial charge in [-0.05, 0) is 26.0 Å². The molecule has 1 saturated heterocycles. The Bertz CT molecular complexity index is 399.